The van der Waals surface area contributed by atoms with Gasteiger partial charge in [-0.05, 0) is 12.8 Å². The van der Waals surface area contributed by atoms with Gasteiger partial charge in [0.2, 0.25) is 0 Å². The molecule has 2 heterocycles. The van der Waals surface area contributed by atoms with E-state index in [-0.39, 0.29) is 5.69 Å². The SMILES string of the molecule is Cn1cc(F)c(N2C(=O)NC3(CC3)C2=O)cc1=O. The molecular weight excluding hydrogens is 241 g/mol. The Hall–Kier alpha value is -2.18. The number of halogens is 1. The minimum atomic E-state index is -0.857. The minimum absolute atomic E-state index is 0.288. The van der Waals surface area contributed by atoms with E-state index < -0.39 is 28.9 Å². The van der Waals surface area contributed by atoms with Crippen molar-refractivity contribution in [2.45, 2.75) is 18.4 Å². The van der Waals surface area contributed by atoms with Crippen LogP contribution < -0.4 is 15.8 Å². The van der Waals surface area contributed by atoms with Crippen LogP contribution in [0.5, 0.6) is 0 Å². The average molecular weight is 251 g/mol. The Bertz CT molecular complexity index is 633. The van der Waals surface area contributed by atoms with Crippen LogP contribution in [0.1, 0.15) is 12.8 Å². The molecule has 1 spiro atoms. The van der Waals surface area contributed by atoms with E-state index in [1.807, 2.05) is 0 Å². The zero-order valence-electron chi connectivity index (χ0n) is 9.57. The van der Waals surface area contributed by atoms with Crippen LogP contribution in [0.15, 0.2) is 17.1 Å². The minimum Gasteiger partial charge on any atom is -0.323 e. The number of carbonyl (C=O) groups is 2. The summed E-state index contributed by atoms with van der Waals surface area (Å²) in [5.41, 5.74) is -1.63. The lowest BCUT2D eigenvalue weighted by atomic mass is 10.2. The fraction of sp³-hybridized carbons (Fsp3) is 0.364. The molecule has 1 saturated heterocycles. The van der Waals surface area contributed by atoms with E-state index in [2.05, 4.69) is 5.32 Å². The zero-order chi connectivity index (χ0) is 13.1. The normalized spacial score (nSPS) is 20.4. The molecule has 2 aliphatic rings. The van der Waals surface area contributed by atoms with Crippen molar-refractivity contribution in [3.63, 3.8) is 0 Å². The van der Waals surface area contributed by atoms with E-state index in [1.54, 1.807) is 0 Å². The number of nitrogens with zero attached hydrogens (tertiary/aromatic N) is 2. The first kappa shape index (κ1) is 10.9. The number of nitrogens with one attached hydrogen (secondary N) is 1. The molecule has 1 aromatic heterocycles. The Labute approximate surface area is 101 Å². The largest absolute Gasteiger partial charge is 0.329 e. The second kappa shape index (κ2) is 3.18. The van der Waals surface area contributed by atoms with E-state index >= 15 is 0 Å². The Morgan fingerprint density at radius 1 is 1.33 bits per heavy atom. The van der Waals surface area contributed by atoms with Crippen LogP contribution >= 0.6 is 0 Å². The fourth-order valence-electron chi connectivity index (χ4n) is 2.06. The lowest BCUT2D eigenvalue weighted by Gasteiger charge is -2.13. The van der Waals surface area contributed by atoms with E-state index in [4.69, 9.17) is 0 Å². The number of pyridine rings is 1. The molecule has 1 aliphatic carbocycles. The molecule has 94 valence electrons. The molecule has 3 amide bonds. The Balaban J connectivity index is 2.11. The number of anilines is 1. The van der Waals surface area contributed by atoms with Gasteiger partial charge in [0.15, 0.2) is 5.82 Å². The molecule has 0 unspecified atom stereocenters. The summed E-state index contributed by atoms with van der Waals surface area (Å²) in [6.07, 6.45) is 2.07. The van der Waals surface area contributed by atoms with Crippen LogP contribution in [0.25, 0.3) is 0 Å². The molecule has 0 bridgehead atoms. The molecule has 3 rings (SSSR count). The molecule has 0 aromatic carbocycles. The third-order valence-corrected chi connectivity index (χ3v) is 3.31. The summed E-state index contributed by atoms with van der Waals surface area (Å²) in [5, 5.41) is 2.53. The van der Waals surface area contributed by atoms with Gasteiger partial charge in [-0.25, -0.2) is 14.1 Å². The number of carbonyl (C=O) groups excluding carboxylic acids is 2. The molecule has 7 heteroatoms. The van der Waals surface area contributed by atoms with Crippen molar-refractivity contribution in [2.24, 2.45) is 7.05 Å². The number of imide groups is 1. The summed E-state index contributed by atoms with van der Waals surface area (Å²) in [7, 11) is 1.39. The second-order valence-corrected chi connectivity index (χ2v) is 4.61. The lowest BCUT2D eigenvalue weighted by Crippen LogP contribution is -2.34. The lowest BCUT2D eigenvalue weighted by molar-refractivity contribution is -0.119. The van der Waals surface area contributed by atoms with Gasteiger partial charge in [0.1, 0.15) is 5.54 Å². The topological polar surface area (TPSA) is 71.4 Å². The van der Waals surface area contributed by atoms with Gasteiger partial charge in [0.25, 0.3) is 11.5 Å². The maximum Gasteiger partial charge on any atom is 0.329 e. The molecule has 1 N–H and O–H groups in total. The van der Waals surface area contributed by atoms with Crippen molar-refractivity contribution < 1.29 is 14.0 Å². The van der Waals surface area contributed by atoms with Gasteiger partial charge in [-0.2, -0.15) is 0 Å². The van der Waals surface area contributed by atoms with Gasteiger partial charge in [-0.1, -0.05) is 0 Å². The zero-order valence-corrected chi connectivity index (χ0v) is 9.57. The fourth-order valence-corrected chi connectivity index (χ4v) is 2.06. The van der Waals surface area contributed by atoms with Gasteiger partial charge in [-0.15, -0.1) is 0 Å². The van der Waals surface area contributed by atoms with Crippen LogP contribution in [0.2, 0.25) is 0 Å². The standard InChI is InChI=1S/C11H10FN3O3/c1-14-5-6(12)7(4-8(14)16)15-9(17)11(2-3-11)13-10(15)18/h4-5H,2-3H2,1H3,(H,13,18). The number of aryl methyl sites for hydroxylation is 1. The van der Waals surface area contributed by atoms with Crippen molar-refractivity contribution in [1.29, 1.82) is 0 Å². The average Bonchev–Trinajstić information content (AvgIpc) is 3.01. The smallest absolute Gasteiger partial charge is 0.323 e. The first-order valence-electron chi connectivity index (χ1n) is 5.47. The highest BCUT2D eigenvalue weighted by molar-refractivity contribution is 6.24. The first-order chi connectivity index (χ1) is 8.44. The van der Waals surface area contributed by atoms with Crippen molar-refractivity contribution >= 4 is 17.6 Å². The van der Waals surface area contributed by atoms with E-state index in [1.165, 1.54) is 7.05 Å². The second-order valence-electron chi connectivity index (χ2n) is 4.61. The monoisotopic (exact) mass is 251 g/mol. The molecule has 2 fully saturated rings. The molecule has 1 aromatic rings. The quantitative estimate of drug-likeness (QED) is 0.720. The summed E-state index contributed by atoms with van der Waals surface area (Å²) in [4.78, 5) is 35.9. The summed E-state index contributed by atoms with van der Waals surface area (Å²) in [5.74, 6) is -1.27. The summed E-state index contributed by atoms with van der Waals surface area (Å²) in [6.45, 7) is 0. The van der Waals surface area contributed by atoms with Gasteiger partial charge >= 0.3 is 6.03 Å². The van der Waals surface area contributed by atoms with Crippen LogP contribution in [-0.4, -0.2) is 22.0 Å². The van der Waals surface area contributed by atoms with E-state index in [0.717, 1.165) is 16.8 Å². The van der Waals surface area contributed by atoms with Gasteiger partial charge in [-0.3, -0.25) is 9.59 Å². The van der Waals surface area contributed by atoms with Crippen LogP contribution in [0, 0.1) is 5.82 Å². The van der Waals surface area contributed by atoms with Gasteiger partial charge in [0, 0.05) is 19.3 Å². The number of rotatable bonds is 1. The summed E-state index contributed by atoms with van der Waals surface area (Å²) < 4.78 is 14.8. The molecule has 6 nitrogen and oxygen atoms in total. The maximum absolute atomic E-state index is 13.8. The predicted molar refractivity (Wildman–Crippen MR) is 59.6 cm³/mol. The molecular formula is C11H10FN3O3. The highest BCUT2D eigenvalue weighted by Gasteiger charge is 2.60. The Morgan fingerprint density at radius 2 is 2.00 bits per heavy atom. The Morgan fingerprint density at radius 3 is 2.56 bits per heavy atom. The summed E-state index contributed by atoms with van der Waals surface area (Å²) in [6, 6.07) is 0.276. The molecule has 1 saturated carbocycles. The van der Waals surface area contributed by atoms with Gasteiger partial charge < -0.3 is 9.88 Å². The number of hydrogen-bond donors (Lipinski definition) is 1. The van der Waals surface area contributed by atoms with E-state index in [0.29, 0.717) is 17.7 Å². The van der Waals surface area contributed by atoms with Crippen LogP contribution in [0.3, 0.4) is 0 Å². The number of aromatic nitrogens is 1. The number of amides is 3. The van der Waals surface area contributed by atoms with Crippen LogP contribution in [-0.2, 0) is 11.8 Å². The first-order valence-corrected chi connectivity index (χ1v) is 5.47. The van der Waals surface area contributed by atoms with Crippen LogP contribution in [0.4, 0.5) is 14.9 Å². The molecule has 0 atom stereocenters. The maximum atomic E-state index is 13.8. The number of hydrogen-bond acceptors (Lipinski definition) is 3. The molecule has 18 heavy (non-hydrogen) atoms. The van der Waals surface area contributed by atoms with E-state index in [9.17, 15) is 18.8 Å². The highest BCUT2D eigenvalue weighted by atomic mass is 19.1. The van der Waals surface area contributed by atoms with Crippen molar-refractivity contribution in [2.75, 3.05) is 4.90 Å². The van der Waals surface area contributed by atoms with Crippen molar-refractivity contribution in [3.05, 3.63) is 28.4 Å². The summed E-state index contributed by atoms with van der Waals surface area (Å²) >= 11 is 0. The van der Waals surface area contributed by atoms with Crippen molar-refractivity contribution in [1.82, 2.24) is 9.88 Å². The predicted octanol–water partition coefficient (Wildman–Crippen LogP) is 0.113. The van der Waals surface area contributed by atoms with Gasteiger partial charge in [0.05, 0.1) is 5.69 Å². The third-order valence-electron chi connectivity index (χ3n) is 3.31. The third kappa shape index (κ3) is 1.30. The molecule has 1 aliphatic heterocycles. The Kier molecular flexibility index (Phi) is 1.93. The number of urea groups is 1. The van der Waals surface area contributed by atoms with Crippen molar-refractivity contribution in [3.8, 4) is 0 Å². The molecule has 0 radical (unpaired) electrons. The highest BCUT2D eigenvalue weighted by Crippen LogP contribution is 2.42.